The normalized spacial score (nSPS) is 12.8. The summed E-state index contributed by atoms with van der Waals surface area (Å²) in [7, 11) is 0. The first kappa shape index (κ1) is 13.8. The number of hydrogen-bond donors (Lipinski definition) is 2. The average Bonchev–Trinajstić information content (AvgIpc) is 3.15. The molecule has 1 aliphatic rings. The minimum atomic E-state index is -0.214. The van der Waals surface area contributed by atoms with Crippen molar-refractivity contribution in [3.05, 3.63) is 51.7 Å². The van der Waals surface area contributed by atoms with Crippen molar-refractivity contribution in [3.63, 3.8) is 0 Å². The lowest BCUT2D eigenvalue weighted by molar-refractivity contribution is -0.115. The summed E-state index contributed by atoms with van der Waals surface area (Å²) in [5.41, 5.74) is 3.49. The summed E-state index contributed by atoms with van der Waals surface area (Å²) in [5, 5.41) is 7.27. The van der Waals surface area contributed by atoms with Gasteiger partial charge in [-0.1, -0.05) is 12.1 Å². The Labute approximate surface area is 127 Å². The molecule has 0 saturated heterocycles. The second-order valence-corrected chi connectivity index (χ2v) is 5.99. The molecule has 2 amide bonds. The molecule has 3 rings (SSSR count). The summed E-state index contributed by atoms with van der Waals surface area (Å²) in [6, 6.07) is 9.56. The number of rotatable bonds is 4. The summed E-state index contributed by atoms with van der Waals surface area (Å²) < 4.78 is 0. The van der Waals surface area contributed by atoms with Crippen molar-refractivity contribution in [3.8, 4) is 0 Å². The molecular formula is C16H16N2O2S. The third kappa shape index (κ3) is 3.31. The second kappa shape index (κ2) is 6.10. The molecule has 0 unspecified atom stereocenters. The van der Waals surface area contributed by atoms with Gasteiger partial charge in [-0.3, -0.25) is 9.59 Å². The van der Waals surface area contributed by atoms with E-state index in [0.717, 1.165) is 18.5 Å². The standard InChI is InChI=1S/C16H16N2O2S/c19-15(10-17-16(20)14-5-2-8-21-14)18-13-7-6-11-3-1-4-12(11)9-13/h2,5-9H,1,3-4,10H2,(H,17,20)(H,18,19). The van der Waals surface area contributed by atoms with Gasteiger partial charge in [0.25, 0.3) is 5.91 Å². The van der Waals surface area contributed by atoms with Gasteiger partial charge < -0.3 is 10.6 Å². The van der Waals surface area contributed by atoms with E-state index in [1.807, 2.05) is 23.6 Å². The molecule has 108 valence electrons. The van der Waals surface area contributed by atoms with Crippen LogP contribution in [0.5, 0.6) is 0 Å². The number of thiophene rings is 1. The Morgan fingerprint density at radius 2 is 2.00 bits per heavy atom. The van der Waals surface area contributed by atoms with Gasteiger partial charge in [-0.2, -0.15) is 0 Å². The highest BCUT2D eigenvalue weighted by Crippen LogP contribution is 2.24. The van der Waals surface area contributed by atoms with E-state index in [1.54, 1.807) is 6.07 Å². The average molecular weight is 300 g/mol. The van der Waals surface area contributed by atoms with Crippen LogP contribution in [0.3, 0.4) is 0 Å². The number of carbonyl (C=O) groups is 2. The van der Waals surface area contributed by atoms with Crippen LogP contribution in [0.1, 0.15) is 27.2 Å². The summed E-state index contributed by atoms with van der Waals surface area (Å²) in [5.74, 6) is -0.424. The highest BCUT2D eigenvalue weighted by molar-refractivity contribution is 7.12. The van der Waals surface area contributed by atoms with E-state index < -0.39 is 0 Å². The molecule has 2 N–H and O–H groups in total. The van der Waals surface area contributed by atoms with Crippen LogP contribution in [0, 0.1) is 0 Å². The molecule has 21 heavy (non-hydrogen) atoms. The lowest BCUT2D eigenvalue weighted by atomic mass is 10.1. The van der Waals surface area contributed by atoms with Crippen LogP contribution in [-0.2, 0) is 17.6 Å². The molecule has 2 aromatic rings. The highest BCUT2D eigenvalue weighted by Gasteiger charge is 2.12. The van der Waals surface area contributed by atoms with Crippen molar-refractivity contribution in [2.75, 3.05) is 11.9 Å². The molecule has 0 aliphatic heterocycles. The SMILES string of the molecule is O=C(CNC(=O)c1cccs1)Nc1ccc2c(c1)CCC2. The lowest BCUT2D eigenvalue weighted by Gasteiger charge is -2.08. The van der Waals surface area contributed by atoms with Crippen molar-refractivity contribution in [2.24, 2.45) is 0 Å². The van der Waals surface area contributed by atoms with Gasteiger partial charge in [-0.15, -0.1) is 11.3 Å². The third-order valence-electron chi connectivity index (χ3n) is 3.54. The zero-order valence-electron chi connectivity index (χ0n) is 11.5. The maximum Gasteiger partial charge on any atom is 0.261 e. The van der Waals surface area contributed by atoms with E-state index in [9.17, 15) is 9.59 Å². The minimum Gasteiger partial charge on any atom is -0.342 e. The predicted molar refractivity (Wildman–Crippen MR) is 83.7 cm³/mol. The molecule has 0 radical (unpaired) electrons. The Morgan fingerprint density at radius 1 is 1.14 bits per heavy atom. The zero-order chi connectivity index (χ0) is 14.7. The summed E-state index contributed by atoms with van der Waals surface area (Å²) in [4.78, 5) is 24.2. The number of amides is 2. The Morgan fingerprint density at radius 3 is 2.81 bits per heavy atom. The molecule has 0 spiro atoms. The van der Waals surface area contributed by atoms with Gasteiger partial charge in [0.05, 0.1) is 11.4 Å². The fourth-order valence-electron chi connectivity index (χ4n) is 2.51. The molecule has 4 nitrogen and oxygen atoms in total. The first-order valence-electron chi connectivity index (χ1n) is 6.96. The van der Waals surface area contributed by atoms with Crippen LogP contribution in [0.4, 0.5) is 5.69 Å². The number of nitrogens with one attached hydrogen (secondary N) is 2. The quantitative estimate of drug-likeness (QED) is 0.912. The van der Waals surface area contributed by atoms with E-state index >= 15 is 0 Å². The monoisotopic (exact) mass is 300 g/mol. The highest BCUT2D eigenvalue weighted by atomic mass is 32.1. The Bertz CT molecular complexity index is 665. The zero-order valence-corrected chi connectivity index (χ0v) is 12.3. The molecule has 0 bridgehead atoms. The first-order chi connectivity index (χ1) is 10.2. The maximum absolute atomic E-state index is 11.9. The van der Waals surface area contributed by atoms with Gasteiger partial charge in [-0.05, 0) is 54.0 Å². The number of anilines is 1. The first-order valence-corrected chi connectivity index (χ1v) is 7.84. The molecule has 0 saturated carbocycles. The van der Waals surface area contributed by atoms with E-state index in [2.05, 4.69) is 16.7 Å². The minimum absolute atomic E-state index is 0.0200. The summed E-state index contributed by atoms with van der Waals surface area (Å²) in [6.45, 7) is -0.0200. The molecule has 0 atom stereocenters. The van der Waals surface area contributed by atoms with E-state index in [0.29, 0.717) is 4.88 Å². The van der Waals surface area contributed by atoms with Crippen LogP contribution >= 0.6 is 11.3 Å². The number of benzene rings is 1. The van der Waals surface area contributed by atoms with Gasteiger partial charge in [-0.25, -0.2) is 0 Å². The Kier molecular flexibility index (Phi) is 4.01. The predicted octanol–water partition coefficient (Wildman–Crippen LogP) is 2.61. The van der Waals surface area contributed by atoms with Crippen LogP contribution < -0.4 is 10.6 Å². The van der Waals surface area contributed by atoms with Crippen molar-refractivity contribution in [1.82, 2.24) is 5.32 Å². The largest absolute Gasteiger partial charge is 0.342 e. The third-order valence-corrected chi connectivity index (χ3v) is 4.41. The van der Waals surface area contributed by atoms with Crippen molar-refractivity contribution in [2.45, 2.75) is 19.3 Å². The fourth-order valence-corrected chi connectivity index (χ4v) is 3.15. The fraction of sp³-hybridized carbons (Fsp3) is 0.250. The number of carbonyl (C=O) groups excluding carboxylic acids is 2. The van der Waals surface area contributed by atoms with Gasteiger partial charge >= 0.3 is 0 Å². The molecule has 5 heteroatoms. The van der Waals surface area contributed by atoms with E-state index in [1.165, 1.54) is 28.9 Å². The molecule has 1 heterocycles. The van der Waals surface area contributed by atoms with E-state index in [4.69, 9.17) is 0 Å². The molecule has 1 aromatic carbocycles. The number of fused-ring (bicyclic) bond motifs is 1. The molecular weight excluding hydrogens is 284 g/mol. The molecule has 0 fully saturated rings. The Balaban J connectivity index is 1.53. The van der Waals surface area contributed by atoms with Crippen LogP contribution in [0.25, 0.3) is 0 Å². The lowest BCUT2D eigenvalue weighted by Crippen LogP contribution is -2.32. The van der Waals surface area contributed by atoms with Crippen LogP contribution in [-0.4, -0.2) is 18.4 Å². The number of aryl methyl sites for hydroxylation is 2. The van der Waals surface area contributed by atoms with Crippen molar-refractivity contribution >= 4 is 28.8 Å². The van der Waals surface area contributed by atoms with Crippen molar-refractivity contribution < 1.29 is 9.59 Å². The Hall–Kier alpha value is -2.14. The smallest absolute Gasteiger partial charge is 0.261 e. The van der Waals surface area contributed by atoms with Gasteiger partial charge in [0.15, 0.2) is 0 Å². The van der Waals surface area contributed by atoms with Gasteiger partial charge in [0.1, 0.15) is 0 Å². The topological polar surface area (TPSA) is 58.2 Å². The van der Waals surface area contributed by atoms with Crippen molar-refractivity contribution in [1.29, 1.82) is 0 Å². The second-order valence-electron chi connectivity index (χ2n) is 5.05. The van der Waals surface area contributed by atoms with Gasteiger partial charge in [0, 0.05) is 5.69 Å². The molecule has 1 aromatic heterocycles. The number of hydrogen-bond acceptors (Lipinski definition) is 3. The van der Waals surface area contributed by atoms with E-state index in [-0.39, 0.29) is 18.4 Å². The van der Waals surface area contributed by atoms with Gasteiger partial charge in [0.2, 0.25) is 5.91 Å². The van der Waals surface area contributed by atoms with Crippen LogP contribution in [0.2, 0.25) is 0 Å². The van der Waals surface area contributed by atoms with Crippen LogP contribution in [0.15, 0.2) is 35.7 Å². The summed E-state index contributed by atoms with van der Waals surface area (Å²) in [6.07, 6.45) is 3.39. The maximum atomic E-state index is 11.9. The summed E-state index contributed by atoms with van der Waals surface area (Å²) >= 11 is 1.36. The molecule has 1 aliphatic carbocycles.